The van der Waals surface area contributed by atoms with Crippen molar-refractivity contribution < 1.29 is 8.78 Å². The molecular formula is C12H15F2N. The molecule has 1 N–H and O–H groups in total. The van der Waals surface area contributed by atoms with Gasteiger partial charge in [0.2, 0.25) is 0 Å². The van der Waals surface area contributed by atoms with Gasteiger partial charge in [-0.2, -0.15) is 0 Å². The first kappa shape index (κ1) is 10.6. The minimum absolute atomic E-state index is 0.0639. The Balaban J connectivity index is 2.29. The second-order valence-corrected chi connectivity index (χ2v) is 4.18. The molecule has 82 valence electrons. The molecule has 0 aromatic heterocycles. The number of hydrogen-bond acceptors (Lipinski definition) is 1. The molecule has 3 heteroatoms. The fourth-order valence-corrected chi connectivity index (χ4v) is 2.07. The molecule has 2 rings (SSSR count). The summed E-state index contributed by atoms with van der Waals surface area (Å²) in [6, 6.07) is 7.41. The van der Waals surface area contributed by atoms with E-state index in [4.69, 9.17) is 0 Å². The minimum atomic E-state index is -2.57. The fraction of sp³-hybridized carbons (Fsp3) is 0.500. The Kier molecular flexibility index (Phi) is 2.74. The Morgan fingerprint density at radius 1 is 1.40 bits per heavy atom. The second kappa shape index (κ2) is 3.89. The van der Waals surface area contributed by atoms with Gasteiger partial charge < -0.3 is 5.32 Å². The summed E-state index contributed by atoms with van der Waals surface area (Å²) in [5.74, 6) is -3.25. The standard InChI is InChI=1S/C12H15F2N/c1-9-3-2-4-10(7-9)11-8-15-6-5-12(11,13)14/h2-4,7,11,15H,5-6,8H2,1H3. The molecule has 1 fully saturated rings. The molecule has 0 bridgehead atoms. The third-order valence-electron chi connectivity index (χ3n) is 2.94. The Hall–Kier alpha value is -0.960. The monoisotopic (exact) mass is 211 g/mol. The van der Waals surface area contributed by atoms with Crippen LogP contribution in [0, 0.1) is 6.92 Å². The number of benzene rings is 1. The number of nitrogens with one attached hydrogen (secondary N) is 1. The Bertz CT molecular complexity index is 349. The van der Waals surface area contributed by atoms with Crippen molar-refractivity contribution in [2.45, 2.75) is 25.2 Å². The van der Waals surface area contributed by atoms with Crippen LogP contribution in [0.3, 0.4) is 0 Å². The highest BCUT2D eigenvalue weighted by molar-refractivity contribution is 5.28. The molecule has 0 saturated carbocycles. The van der Waals surface area contributed by atoms with Crippen LogP contribution in [0.25, 0.3) is 0 Å². The first-order valence-electron chi connectivity index (χ1n) is 5.25. The minimum Gasteiger partial charge on any atom is -0.316 e. The van der Waals surface area contributed by atoms with Gasteiger partial charge in [0.05, 0.1) is 5.92 Å². The van der Waals surface area contributed by atoms with Crippen LogP contribution in [-0.4, -0.2) is 19.0 Å². The largest absolute Gasteiger partial charge is 0.316 e. The summed E-state index contributed by atoms with van der Waals surface area (Å²) >= 11 is 0. The lowest BCUT2D eigenvalue weighted by atomic mass is 9.87. The molecule has 1 aliphatic rings. The first-order valence-corrected chi connectivity index (χ1v) is 5.25. The molecule has 1 saturated heterocycles. The highest BCUT2D eigenvalue weighted by Gasteiger charge is 2.42. The van der Waals surface area contributed by atoms with E-state index in [0.717, 1.165) is 11.1 Å². The molecule has 1 unspecified atom stereocenters. The van der Waals surface area contributed by atoms with Crippen molar-refractivity contribution in [2.24, 2.45) is 0 Å². The maximum Gasteiger partial charge on any atom is 0.257 e. The van der Waals surface area contributed by atoms with Gasteiger partial charge in [0.1, 0.15) is 0 Å². The molecular weight excluding hydrogens is 196 g/mol. The number of aryl methyl sites for hydroxylation is 1. The molecule has 15 heavy (non-hydrogen) atoms. The Labute approximate surface area is 88.5 Å². The van der Waals surface area contributed by atoms with E-state index in [1.54, 1.807) is 6.07 Å². The van der Waals surface area contributed by atoms with Crippen LogP contribution in [0.1, 0.15) is 23.5 Å². The fourth-order valence-electron chi connectivity index (χ4n) is 2.07. The maximum atomic E-state index is 13.6. The van der Waals surface area contributed by atoms with E-state index in [9.17, 15) is 8.78 Å². The summed E-state index contributed by atoms with van der Waals surface area (Å²) in [5, 5.41) is 3.03. The zero-order valence-corrected chi connectivity index (χ0v) is 8.76. The molecule has 0 radical (unpaired) electrons. The molecule has 0 aliphatic carbocycles. The highest BCUT2D eigenvalue weighted by atomic mass is 19.3. The van der Waals surface area contributed by atoms with Gasteiger partial charge in [-0.1, -0.05) is 29.8 Å². The van der Waals surface area contributed by atoms with Crippen LogP contribution in [0.5, 0.6) is 0 Å². The van der Waals surface area contributed by atoms with Crippen molar-refractivity contribution in [3.8, 4) is 0 Å². The number of rotatable bonds is 1. The zero-order chi connectivity index (χ0) is 10.9. The van der Waals surface area contributed by atoms with Crippen molar-refractivity contribution in [2.75, 3.05) is 13.1 Å². The quantitative estimate of drug-likeness (QED) is 0.753. The van der Waals surface area contributed by atoms with E-state index < -0.39 is 11.8 Å². The van der Waals surface area contributed by atoms with Gasteiger partial charge in [-0.05, 0) is 12.5 Å². The van der Waals surface area contributed by atoms with Crippen molar-refractivity contribution in [3.63, 3.8) is 0 Å². The summed E-state index contributed by atoms with van der Waals surface area (Å²) in [6.45, 7) is 2.71. The normalized spacial score (nSPS) is 25.1. The Morgan fingerprint density at radius 2 is 2.20 bits per heavy atom. The number of alkyl halides is 2. The van der Waals surface area contributed by atoms with Crippen LogP contribution in [0.15, 0.2) is 24.3 Å². The van der Waals surface area contributed by atoms with Gasteiger partial charge in [0, 0.05) is 19.5 Å². The summed E-state index contributed by atoms with van der Waals surface area (Å²) in [7, 11) is 0. The number of hydrogen-bond donors (Lipinski definition) is 1. The smallest absolute Gasteiger partial charge is 0.257 e. The first-order chi connectivity index (χ1) is 7.09. The molecule has 1 aliphatic heterocycles. The van der Waals surface area contributed by atoms with E-state index in [2.05, 4.69) is 5.32 Å². The van der Waals surface area contributed by atoms with Gasteiger partial charge in [-0.15, -0.1) is 0 Å². The summed E-state index contributed by atoms with van der Waals surface area (Å²) in [4.78, 5) is 0. The van der Waals surface area contributed by atoms with E-state index in [0.29, 0.717) is 13.1 Å². The average Bonchev–Trinajstić information content (AvgIpc) is 2.17. The highest BCUT2D eigenvalue weighted by Crippen LogP contribution is 2.37. The van der Waals surface area contributed by atoms with Crippen molar-refractivity contribution in [1.29, 1.82) is 0 Å². The molecule has 0 spiro atoms. The molecule has 1 aromatic rings. The summed E-state index contributed by atoms with van der Waals surface area (Å²) in [6.07, 6.45) is -0.0639. The van der Waals surface area contributed by atoms with E-state index in [1.807, 2.05) is 25.1 Å². The van der Waals surface area contributed by atoms with Gasteiger partial charge >= 0.3 is 0 Å². The Morgan fingerprint density at radius 3 is 2.87 bits per heavy atom. The van der Waals surface area contributed by atoms with Crippen LogP contribution < -0.4 is 5.32 Å². The van der Waals surface area contributed by atoms with Crippen molar-refractivity contribution in [1.82, 2.24) is 5.32 Å². The molecule has 1 heterocycles. The van der Waals surface area contributed by atoms with Gasteiger partial charge in [-0.25, -0.2) is 8.78 Å². The lowest BCUT2D eigenvalue weighted by Crippen LogP contribution is -2.42. The third kappa shape index (κ3) is 2.17. The van der Waals surface area contributed by atoms with E-state index in [1.165, 1.54) is 0 Å². The zero-order valence-electron chi connectivity index (χ0n) is 8.76. The molecule has 1 aromatic carbocycles. The predicted molar refractivity (Wildman–Crippen MR) is 56.4 cm³/mol. The van der Waals surface area contributed by atoms with E-state index in [-0.39, 0.29) is 6.42 Å². The lowest BCUT2D eigenvalue weighted by Gasteiger charge is -2.32. The lowest BCUT2D eigenvalue weighted by molar-refractivity contribution is -0.0479. The maximum absolute atomic E-state index is 13.6. The van der Waals surface area contributed by atoms with Crippen LogP contribution in [0.4, 0.5) is 8.78 Å². The van der Waals surface area contributed by atoms with Crippen molar-refractivity contribution in [3.05, 3.63) is 35.4 Å². The van der Waals surface area contributed by atoms with E-state index >= 15 is 0 Å². The molecule has 0 amide bonds. The van der Waals surface area contributed by atoms with Crippen LogP contribution in [0.2, 0.25) is 0 Å². The molecule has 1 nitrogen and oxygen atoms in total. The topological polar surface area (TPSA) is 12.0 Å². The van der Waals surface area contributed by atoms with Gasteiger partial charge in [0.25, 0.3) is 5.92 Å². The molecule has 1 atom stereocenters. The number of halogens is 2. The summed E-state index contributed by atoms with van der Waals surface area (Å²) < 4.78 is 27.3. The van der Waals surface area contributed by atoms with Crippen LogP contribution in [-0.2, 0) is 0 Å². The van der Waals surface area contributed by atoms with Gasteiger partial charge in [-0.3, -0.25) is 0 Å². The average molecular weight is 211 g/mol. The second-order valence-electron chi connectivity index (χ2n) is 4.18. The van der Waals surface area contributed by atoms with Gasteiger partial charge in [0.15, 0.2) is 0 Å². The summed E-state index contributed by atoms with van der Waals surface area (Å²) in [5.41, 5.74) is 1.78. The SMILES string of the molecule is Cc1cccc(C2CNCCC2(F)F)c1. The third-order valence-corrected chi connectivity index (χ3v) is 2.94. The van der Waals surface area contributed by atoms with Crippen LogP contribution >= 0.6 is 0 Å². The van der Waals surface area contributed by atoms with Crippen molar-refractivity contribution >= 4 is 0 Å². The number of piperidine rings is 1. The predicted octanol–water partition coefficient (Wildman–Crippen LogP) is 2.71.